The molecule has 2 aromatic rings. The molecule has 1 aliphatic heterocycles. The van der Waals surface area contributed by atoms with Gasteiger partial charge in [0.05, 0.1) is 12.2 Å². The van der Waals surface area contributed by atoms with E-state index in [0.29, 0.717) is 19.1 Å². The number of hydrogen-bond donors (Lipinski definition) is 3. The first kappa shape index (κ1) is 16.5. The van der Waals surface area contributed by atoms with Crippen molar-refractivity contribution in [3.8, 4) is 0 Å². The van der Waals surface area contributed by atoms with Crippen molar-refractivity contribution in [3.63, 3.8) is 0 Å². The third kappa shape index (κ3) is 4.14. The fraction of sp³-hybridized carbons (Fsp3) is 0.444. The first-order valence-electron chi connectivity index (χ1n) is 8.57. The molecule has 0 unspecified atom stereocenters. The molecule has 0 saturated carbocycles. The molecule has 0 spiro atoms. The van der Waals surface area contributed by atoms with Gasteiger partial charge < -0.3 is 10.6 Å². The number of nitrogens with zero attached hydrogens (tertiary/aromatic N) is 2. The van der Waals surface area contributed by atoms with Crippen molar-refractivity contribution in [1.82, 2.24) is 25.7 Å². The van der Waals surface area contributed by atoms with E-state index in [4.69, 9.17) is 0 Å². The predicted molar refractivity (Wildman–Crippen MR) is 93.5 cm³/mol. The Labute approximate surface area is 142 Å². The summed E-state index contributed by atoms with van der Waals surface area (Å²) in [7, 11) is 0. The van der Waals surface area contributed by atoms with Gasteiger partial charge in [-0.3, -0.25) is 10.00 Å². The minimum absolute atomic E-state index is 0.138. The van der Waals surface area contributed by atoms with Gasteiger partial charge in [0.25, 0.3) is 0 Å². The second-order valence-electron chi connectivity index (χ2n) is 6.20. The van der Waals surface area contributed by atoms with E-state index >= 15 is 0 Å². The highest BCUT2D eigenvalue weighted by Crippen LogP contribution is 2.21. The van der Waals surface area contributed by atoms with Crippen LogP contribution in [0.1, 0.15) is 30.2 Å². The van der Waals surface area contributed by atoms with Crippen LogP contribution < -0.4 is 10.6 Å². The Balaban J connectivity index is 1.47. The lowest BCUT2D eigenvalue weighted by atomic mass is 9.98. The quantitative estimate of drug-likeness (QED) is 0.760. The number of rotatable bonds is 6. The molecule has 0 radical (unpaired) electrons. The van der Waals surface area contributed by atoms with Gasteiger partial charge in [0, 0.05) is 31.9 Å². The summed E-state index contributed by atoms with van der Waals surface area (Å²) in [5.41, 5.74) is 3.75. The summed E-state index contributed by atoms with van der Waals surface area (Å²) < 4.78 is 0. The lowest BCUT2D eigenvalue weighted by Gasteiger charge is -2.35. The second kappa shape index (κ2) is 7.97. The van der Waals surface area contributed by atoms with Crippen LogP contribution in [-0.2, 0) is 19.5 Å². The number of H-pyrrole nitrogens is 1. The van der Waals surface area contributed by atoms with Crippen LogP contribution in [0.15, 0.2) is 36.5 Å². The molecular formula is C18H25N5O. The van der Waals surface area contributed by atoms with Crippen molar-refractivity contribution >= 4 is 6.03 Å². The van der Waals surface area contributed by atoms with Crippen LogP contribution >= 0.6 is 0 Å². The van der Waals surface area contributed by atoms with Gasteiger partial charge in [-0.05, 0) is 30.0 Å². The van der Waals surface area contributed by atoms with Crippen LogP contribution in [0.25, 0.3) is 0 Å². The highest BCUT2D eigenvalue weighted by Gasteiger charge is 2.22. The van der Waals surface area contributed by atoms with Gasteiger partial charge in [0.2, 0.25) is 0 Å². The molecule has 1 aromatic carbocycles. The zero-order valence-corrected chi connectivity index (χ0v) is 14.1. The molecule has 128 valence electrons. The average molecular weight is 327 g/mol. The highest BCUT2D eigenvalue weighted by atomic mass is 16.2. The van der Waals surface area contributed by atoms with E-state index in [1.807, 2.05) is 6.07 Å². The number of fused-ring (bicyclic) bond motifs is 1. The molecule has 2 amide bonds. The summed E-state index contributed by atoms with van der Waals surface area (Å²) in [6, 6.07) is 10.7. The van der Waals surface area contributed by atoms with E-state index in [-0.39, 0.29) is 6.03 Å². The Hall–Kier alpha value is -2.34. The first-order valence-corrected chi connectivity index (χ1v) is 8.57. The van der Waals surface area contributed by atoms with E-state index in [1.165, 1.54) is 11.1 Å². The third-order valence-corrected chi connectivity index (χ3v) is 4.64. The number of aromatic amines is 1. The third-order valence-electron chi connectivity index (χ3n) is 4.64. The molecule has 1 aromatic heterocycles. The Bertz CT molecular complexity index is 655. The summed E-state index contributed by atoms with van der Waals surface area (Å²) in [5, 5.41) is 12.5. The molecule has 0 saturated heterocycles. The number of benzene rings is 1. The SMILES string of the molecule is CC[C@H](CNC(=O)NCc1ccn[nH]1)N1CCc2ccccc2C1. The molecule has 3 rings (SSSR count). The van der Waals surface area contributed by atoms with Gasteiger partial charge in [0.15, 0.2) is 0 Å². The Morgan fingerprint density at radius 3 is 2.88 bits per heavy atom. The molecular weight excluding hydrogens is 302 g/mol. The average Bonchev–Trinajstić information content (AvgIpc) is 3.14. The molecule has 24 heavy (non-hydrogen) atoms. The minimum Gasteiger partial charge on any atom is -0.337 e. The Morgan fingerprint density at radius 1 is 1.29 bits per heavy atom. The van der Waals surface area contributed by atoms with E-state index in [1.54, 1.807) is 6.20 Å². The molecule has 0 aliphatic carbocycles. The molecule has 0 fully saturated rings. The van der Waals surface area contributed by atoms with Gasteiger partial charge in [0.1, 0.15) is 0 Å². The van der Waals surface area contributed by atoms with Crippen molar-refractivity contribution in [3.05, 3.63) is 53.3 Å². The monoisotopic (exact) mass is 327 g/mol. The van der Waals surface area contributed by atoms with Crippen LogP contribution in [-0.4, -0.2) is 40.3 Å². The summed E-state index contributed by atoms with van der Waals surface area (Å²) >= 11 is 0. The maximum Gasteiger partial charge on any atom is 0.315 e. The van der Waals surface area contributed by atoms with Gasteiger partial charge in [-0.1, -0.05) is 31.2 Å². The predicted octanol–water partition coefficient (Wildman–Crippen LogP) is 2.05. The lowest BCUT2D eigenvalue weighted by Crippen LogP contribution is -2.47. The number of nitrogens with one attached hydrogen (secondary N) is 3. The molecule has 2 heterocycles. The summed E-state index contributed by atoms with van der Waals surface area (Å²) in [4.78, 5) is 14.4. The maximum atomic E-state index is 12.0. The van der Waals surface area contributed by atoms with E-state index in [0.717, 1.165) is 31.6 Å². The van der Waals surface area contributed by atoms with Crippen LogP contribution in [0, 0.1) is 0 Å². The standard InChI is InChI=1S/C18H25N5O/c1-2-17(12-20-18(24)19-11-16-7-9-21-22-16)23-10-8-14-5-3-4-6-15(14)13-23/h3-7,9,17H,2,8,10-13H2,1H3,(H,21,22)(H2,19,20,24)/t17-/m1/s1. The van der Waals surface area contributed by atoms with Crippen LogP contribution in [0.2, 0.25) is 0 Å². The fourth-order valence-corrected chi connectivity index (χ4v) is 3.19. The van der Waals surface area contributed by atoms with Crippen molar-refractivity contribution < 1.29 is 4.79 Å². The van der Waals surface area contributed by atoms with Crippen molar-refractivity contribution in [2.24, 2.45) is 0 Å². The minimum atomic E-state index is -0.138. The topological polar surface area (TPSA) is 73.0 Å². The molecule has 1 aliphatic rings. The molecule has 6 heteroatoms. The number of urea groups is 1. The van der Waals surface area contributed by atoms with Crippen LogP contribution in [0.4, 0.5) is 4.79 Å². The molecule has 3 N–H and O–H groups in total. The van der Waals surface area contributed by atoms with Crippen molar-refractivity contribution in [2.45, 2.75) is 38.9 Å². The molecule has 0 bridgehead atoms. The highest BCUT2D eigenvalue weighted by molar-refractivity contribution is 5.73. The maximum absolute atomic E-state index is 12.0. The lowest BCUT2D eigenvalue weighted by molar-refractivity contribution is 0.169. The number of amides is 2. The van der Waals surface area contributed by atoms with Gasteiger partial charge in [-0.25, -0.2) is 4.79 Å². The van der Waals surface area contributed by atoms with Gasteiger partial charge in [-0.2, -0.15) is 5.10 Å². The number of carbonyl (C=O) groups excluding carboxylic acids is 1. The number of hydrogen-bond acceptors (Lipinski definition) is 3. The van der Waals surface area contributed by atoms with Crippen molar-refractivity contribution in [2.75, 3.05) is 13.1 Å². The fourth-order valence-electron chi connectivity index (χ4n) is 3.19. The van der Waals surface area contributed by atoms with E-state index < -0.39 is 0 Å². The van der Waals surface area contributed by atoms with Crippen LogP contribution in [0.5, 0.6) is 0 Å². The van der Waals surface area contributed by atoms with Gasteiger partial charge in [-0.15, -0.1) is 0 Å². The normalized spacial score (nSPS) is 15.5. The zero-order chi connectivity index (χ0) is 16.8. The smallest absolute Gasteiger partial charge is 0.315 e. The summed E-state index contributed by atoms with van der Waals surface area (Å²) in [6.45, 7) is 5.31. The summed E-state index contributed by atoms with van der Waals surface area (Å²) in [5.74, 6) is 0. The number of aromatic nitrogens is 2. The number of carbonyl (C=O) groups is 1. The molecule has 6 nitrogen and oxygen atoms in total. The second-order valence-corrected chi connectivity index (χ2v) is 6.20. The molecule has 1 atom stereocenters. The zero-order valence-electron chi connectivity index (χ0n) is 14.1. The van der Waals surface area contributed by atoms with Gasteiger partial charge >= 0.3 is 6.03 Å². The summed E-state index contributed by atoms with van der Waals surface area (Å²) in [6.07, 6.45) is 3.78. The van der Waals surface area contributed by atoms with E-state index in [9.17, 15) is 4.79 Å². The van der Waals surface area contributed by atoms with E-state index in [2.05, 4.69) is 56.9 Å². The first-order chi connectivity index (χ1) is 11.8. The van der Waals surface area contributed by atoms with Crippen molar-refractivity contribution in [1.29, 1.82) is 0 Å². The Kier molecular flexibility index (Phi) is 5.48. The van der Waals surface area contributed by atoms with Crippen LogP contribution in [0.3, 0.4) is 0 Å². The largest absolute Gasteiger partial charge is 0.337 e. The Morgan fingerprint density at radius 2 is 2.12 bits per heavy atom.